The fourth-order valence-electron chi connectivity index (χ4n) is 3.21. The van der Waals surface area contributed by atoms with Crippen LogP contribution in [0.3, 0.4) is 0 Å². The Labute approximate surface area is 179 Å². The number of ether oxygens (including phenoxy) is 1. The van der Waals surface area contributed by atoms with Crippen molar-refractivity contribution in [2.24, 2.45) is 0 Å². The molecule has 0 bridgehead atoms. The lowest BCUT2D eigenvalue weighted by Gasteiger charge is -2.20. The molecule has 152 valence electrons. The maximum atomic E-state index is 12.8. The molecular weight excluding hydrogens is 396 g/mol. The molecule has 0 fully saturated rings. The van der Waals surface area contributed by atoms with Crippen molar-refractivity contribution < 1.29 is 13.9 Å². The van der Waals surface area contributed by atoms with E-state index in [0.29, 0.717) is 12.4 Å². The molecule has 4 aromatic rings. The van der Waals surface area contributed by atoms with E-state index in [0.717, 1.165) is 27.6 Å². The van der Waals surface area contributed by atoms with Crippen molar-refractivity contribution in [3.8, 4) is 16.5 Å². The lowest BCUT2D eigenvalue weighted by molar-refractivity contribution is -0.121. The van der Waals surface area contributed by atoms with Crippen molar-refractivity contribution >= 4 is 17.2 Å². The number of benzene rings is 2. The van der Waals surface area contributed by atoms with Crippen molar-refractivity contribution in [3.05, 3.63) is 95.2 Å². The summed E-state index contributed by atoms with van der Waals surface area (Å²) in [5, 5.41) is 5.82. The van der Waals surface area contributed by atoms with Crippen molar-refractivity contribution in [2.75, 3.05) is 6.61 Å². The summed E-state index contributed by atoms with van der Waals surface area (Å²) in [4.78, 5) is 17.4. The van der Waals surface area contributed by atoms with Gasteiger partial charge in [0.05, 0.1) is 31.0 Å². The molecule has 2 aromatic heterocycles. The van der Waals surface area contributed by atoms with Crippen molar-refractivity contribution in [2.45, 2.75) is 19.4 Å². The summed E-state index contributed by atoms with van der Waals surface area (Å²) in [6.45, 7) is 2.57. The zero-order chi connectivity index (χ0) is 20.8. The molecule has 0 saturated heterocycles. The highest BCUT2D eigenvalue weighted by atomic mass is 32.1. The van der Waals surface area contributed by atoms with E-state index in [1.807, 2.05) is 79.0 Å². The minimum absolute atomic E-state index is 0.0889. The third-order valence-corrected chi connectivity index (χ3v) is 5.49. The van der Waals surface area contributed by atoms with Crippen LogP contribution < -0.4 is 10.1 Å². The van der Waals surface area contributed by atoms with Crippen LogP contribution in [0, 0.1) is 0 Å². The van der Waals surface area contributed by atoms with Crippen molar-refractivity contribution in [3.63, 3.8) is 0 Å². The van der Waals surface area contributed by atoms with E-state index in [2.05, 4.69) is 10.3 Å². The van der Waals surface area contributed by atoms with Gasteiger partial charge < -0.3 is 14.5 Å². The van der Waals surface area contributed by atoms with E-state index in [9.17, 15) is 4.79 Å². The number of aromatic nitrogens is 1. The summed E-state index contributed by atoms with van der Waals surface area (Å²) in [5.74, 6) is 1.43. The molecule has 0 spiro atoms. The van der Waals surface area contributed by atoms with Crippen LogP contribution in [0.25, 0.3) is 10.8 Å². The summed E-state index contributed by atoms with van der Waals surface area (Å²) in [6, 6.07) is 21.2. The van der Waals surface area contributed by atoms with Gasteiger partial charge in [-0.3, -0.25) is 4.79 Å². The topological polar surface area (TPSA) is 64.4 Å². The summed E-state index contributed by atoms with van der Waals surface area (Å²) in [5.41, 5.74) is 2.74. The van der Waals surface area contributed by atoms with Gasteiger partial charge in [0, 0.05) is 5.38 Å². The van der Waals surface area contributed by atoms with E-state index >= 15 is 0 Å². The van der Waals surface area contributed by atoms with Crippen LogP contribution in [0.4, 0.5) is 0 Å². The zero-order valence-corrected chi connectivity index (χ0v) is 17.4. The average molecular weight is 419 g/mol. The quantitative estimate of drug-likeness (QED) is 0.424. The Morgan fingerprint density at radius 1 is 1.07 bits per heavy atom. The number of thiazole rings is 1. The molecule has 6 heteroatoms. The van der Waals surface area contributed by atoms with Gasteiger partial charge >= 0.3 is 0 Å². The standard InChI is InChI=1S/C24H22N2O3S/c1-2-28-20-12-10-18(11-13-20)23(17-7-4-3-5-8-17)26-22(27)15-19-16-30-24(25-19)21-9-6-14-29-21/h3-14,16,23H,2,15H2,1H3,(H,26,27). The summed E-state index contributed by atoms with van der Waals surface area (Å²) < 4.78 is 10.9. The number of carbonyl (C=O) groups excluding carboxylic acids is 1. The molecule has 0 aliphatic rings. The lowest BCUT2D eigenvalue weighted by atomic mass is 9.98. The first-order chi connectivity index (χ1) is 14.7. The Hall–Kier alpha value is -3.38. The maximum absolute atomic E-state index is 12.8. The predicted molar refractivity (Wildman–Crippen MR) is 118 cm³/mol. The van der Waals surface area contributed by atoms with E-state index < -0.39 is 0 Å². The second kappa shape index (κ2) is 9.41. The fraction of sp³-hybridized carbons (Fsp3) is 0.167. The lowest BCUT2D eigenvalue weighted by Crippen LogP contribution is -2.30. The van der Waals surface area contributed by atoms with Gasteiger partial charge in [-0.15, -0.1) is 11.3 Å². The van der Waals surface area contributed by atoms with Gasteiger partial charge in [0.2, 0.25) is 5.91 Å². The van der Waals surface area contributed by atoms with Gasteiger partial charge in [-0.1, -0.05) is 42.5 Å². The molecule has 1 N–H and O–H groups in total. The highest BCUT2D eigenvalue weighted by Crippen LogP contribution is 2.26. The highest BCUT2D eigenvalue weighted by Gasteiger charge is 2.18. The molecule has 0 saturated carbocycles. The molecule has 0 aliphatic heterocycles. The van der Waals surface area contributed by atoms with E-state index in [1.165, 1.54) is 11.3 Å². The Morgan fingerprint density at radius 2 is 1.83 bits per heavy atom. The Morgan fingerprint density at radius 3 is 2.53 bits per heavy atom. The second-order valence-corrected chi connectivity index (χ2v) is 7.57. The monoisotopic (exact) mass is 418 g/mol. The van der Waals surface area contributed by atoms with E-state index in [-0.39, 0.29) is 18.4 Å². The van der Waals surface area contributed by atoms with Gasteiger partial charge in [0.25, 0.3) is 0 Å². The summed E-state index contributed by atoms with van der Waals surface area (Å²) in [6.07, 6.45) is 1.82. The molecule has 1 unspecified atom stereocenters. The Balaban J connectivity index is 1.51. The summed E-state index contributed by atoms with van der Waals surface area (Å²) >= 11 is 1.47. The molecule has 2 heterocycles. The van der Waals surface area contributed by atoms with Crippen LogP contribution in [0.2, 0.25) is 0 Å². The Bertz CT molecular complexity index is 1070. The number of nitrogens with zero attached hydrogens (tertiary/aromatic N) is 1. The molecule has 0 aliphatic carbocycles. The minimum atomic E-state index is -0.252. The predicted octanol–water partition coefficient (Wildman–Crippen LogP) is 5.25. The van der Waals surface area contributed by atoms with Crippen LogP contribution in [0.5, 0.6) is 5.75 Å². The molecular formula is C24H22N2O3S. The van der Waals surface area contributed by atoms with Crippen molar-refractivity contribution in [1.29, 1.82) is 0 Å². The number of carbonyl (C=O) groups is 1. The average Bonchev–Trinajstić information content (AvgIpc) is 3.46. The maximum Gasteiger partial charge on any atom is 0.226 e. The highest BCUT2D eigenvalue weighted by molar-refractivity contribution is 7.13. The van der Waals surface area contributed by atoms with Crippen LogP contribution in [0.1, 0.15) is 29.8 Å². The Kier molecular flexibility index (Phi) is 6.25. The smallest absolute Gasteiger partial charge is 0.226 e. The van der Waals surface area contributed by atoms with Crippen LogP contribution in [-0.4, -0.2) is 17.5 Å². The molecule has 30 heavy (non-hydrogen) atoms. The zero-order valence-electron chi connectivity index (χ0n) is 16.6. The summed E-state index contributed by atoms with van der Waals surface area (Å²) in [7, 11) is 0. The number of hydrogen-bond acceptors (Lipinski definition) is 5. The van der Waals surface area contributed by atoms with Gasteiger partial charge in [-0.25, -0.2) is 4.98 Å². The molecule has 4 rings (SSSR count). The number of rotatable bonds is 8. The molecule has 1 amide bonds. The molecule has 5 nitrogen and oxygen atoms in total. The molecule has 0 radical (unpaired) electrons. The van der Waals surface area contributed by atoms with Crippen LogP contribution in [0.15, 0.2) is 82.8 Å². The van der Waals surface area contributed by atoms with Crippen LogP contribution in [-0.2, 0) is 11.2 Å². The first-order valence-electron chi connectivity index (χ1n) is 9.78. The fourth-order valence-corrected chi connectivity index (χ4v) is 3.99. The number of nitrogens with one attached hydrogen (secondary N) is 1. The SMILES string of the molecule is CCOc1ccc(C(NC(=O)Cc2csc(-c3ccco3)n2)c2ccccc2)cc1. The first-order valence-corrected chi connectivity index (χ1v) is 10.7. The van der Waals surface area contributed by atoms with Gasteiger partial charge in [-0.2, -0.15) is 0 Å². The number of hydrogen-bond donors (Lipinski definition) is 1. The first kappa shape index (κ1) is 19.9. The molecule has 1 atom stereocenters. The third kappa shape index (κ3) is 4.78. The van der Waals surface area contributed by atoms with E-state index in [4.69, 9.17) is 9.15 Å². The third-order valence-electron chi connectivity index (χ3n) is 4.59. The van der Waals surface area contributed by atoms with Gasteiger partial charge in [0.15, 0.2) is 10.8 Å². The van der Waals surface area contributed by atoms with Crippen molar-refractivity contribution in [1.82, 2.24) is 10.3 Å². The van der Waals surface area contributed by atoms with Crippen LogP contribution >= 0.6 is 11.3 Å². The van der Waals surface area contributed by atoms with Gasteiger partial charge in [0.1, 0.15) is 5.75 Å². The number of furan rings is 1. The molecule has 2 aromatic carbocycles. The number of amides is 1. The van der Waals surface area contributed by atoms with E-state index in [1.54, 1.807) is 6.26 Å². The van der Waals surface area contributed by atoms with Gasteiger partial charge in [-0.05, 0) is 42.3 Å². The second-order valence-electron chi connectivity index (χ2n) is 6.71. The normalized spacial score (nSPS) is 11.8. The minimum Gasteiger partial charge on any atom is -0.494 e. The largest absolute Gasteiger partial charge is 0.494 e.